The summed E-state index contributed by atoms with van der Waals surface area (Å²) in [7, 11) is 1.63. The molecule has 0 radical (unpaired) electrons. The van der Waals surface area contributed by atoms with Gasteiger partial charge in [-0.25, -0.2) is 0 Å². The SMILES string of the molecule is COc1cc2occ(-c3ccc(C)cc3)c2cc1/C(C)=C/C(=O)NCC(C)C. The highest BCUT2D eigenvalue weighted by atomic mass is 16.5. The summed E-state index contributed by atoms with van der Waals surface area (Å²) in [5.41, 5.74) is 5.81. The fourth-order valence-electron chi connectivity index (χ4n) is 3.12. The first-order valence-corrected chi connectivity index (χ1v) is 9.51. The van der Waals surface area contributed by atoms with Crippen LogP contribution in [-0.4, -0.2) is 19.6 Å². The summed E-state index contributed by atoms with van der Waals surface area (Å²) in [4.78, 5) is 12.2. The molecule has 1 N–H and O–H groups in total. The van der Waals surface area contributed by atoms with E-state index in [1.165, 1.54) is 5.56 Å². The minimum atomic E-state index is -0.0979. The zero-order valence-electron chi connectivity index (χ0n) is 17.1. The summed E-state index contributed by atoms with van der Waals surface area (Å²) in [6.45, 7) is 8.78. The van der Waals surface area contributed by atoms with Crippen molar-refractivity contribution in [3.63, 3.8) is 0 Å². The topological polar surface area (TPSA) is 51.5 Å². The zero-order chi connectivity index (χ0) is 20.3. The number of furan rings is 1. The second-order valence-electron chi connectivity index (χ2n) is 7.53. The molecule has 4 nitrogen and oxygen atoms in total. The molecule has 4 heteroatoms. The number of carbonyl (C=O) groups is 1. The van der Waals surface area contributed by atoms with Gasteiger partial charge in [0.15, 0.2) is 0 Å². The molecule has 1 aromatic heterocycles. The summed E-state index contributed by atoms with van der Waals surface area (Å²) in [6.07, 6.45) is 3.39. The Kier molecular flexibility index (Phi) is 5.88. The van der Waals surface area contributed by atoms with Gasteiger partial charge in [-0.05, 0) is 37.0 Å². The Bertz CT molecular complexity index is 1010. The summed E-state index contributed by atoms with van der Waals surface area (Å²) in [5, 5.41) is 3.92. The first-order valence-electron chi connectivity index (χ1n) is 9.51. The van der Waals surface area contributed by atoms with Crippen molar-refractivity contribution in [3.8, 4) is 16.9 Å². The molecular weight excluding hydrogens is 350 g/mol. The van der Waals surface area contributed by atoms with Gasteiger partial charge in [-0.3, -0.25) is 4.79 Å². The molecule has 0 aliphatic heterocycles. The first kappa shape index (κ1) is 19.7. The molecule has 28 heavy (non-hydrogen) atoms. The van der Waals surface area contributed by atoms with Gasteiger partial charge in [-0.2, -0.15) is 0 Å². The number of allylic oxidation sites excluding steroid dienone is 1. The van der Waals surface area contributed by atoms with E-state index in [1.54, 1.807) is 19.4 Å². The van der Waals surface area contributed by atoms with E-state index in [2.05, 4.69) is 50.4 Å². The van der Waals surface area contributed by atoms with Crippen molar-refractivity contribution in [1.82, 2.24) is 5.32 Å². The van der Waals surface area contributed by atoms with E-state index < -0.39 is 0 Å². The quantitative estimate of drug-likeness (QED) is 0.570. The normalized spacial score (nSPS) is 11.9. The molecule has 146 valence electrons. The number of benzene rings is 2. The molecule has 0 bridgehead atoms. The van der Waals surface area contributed by atoms with E-state index in [9.17, 15) is 4.79 Å². The average molecular weight is 377 g/mol. The number of fused-ring (bicyclic) bond motifs is 1. The standard InChI is InChI=1S/C24H27NO3/c1-15(2)13-25-24(26)10-17(4)19-11-20-21(18-8-6-16(3)7-9-18)14-28-23(20)12-22(19)27-5/h6-12,14-15H,13H2,1-5H3,(H,25,26)/b17-10+. The molecule has 0 fully saturated rings. The number of amides is 1. The van der Waals surface area contributed by atoms with Gasteiger partial charge in [0.1, 0.15) is 11.3 Å². The Morgan fingerprint density at radius 2 is 1.93 bits per heavy atom. The molecule has 0 saturated heterocycles. The summed E-state index contributed by atoms with van der Waals surface area (Å²) >= 11 is 0. The lowest BCUT2D eigenvalue weighted by molar-refractivity contribution is -0.116. The van der Waals surface area contributed by atoms with Crippen molar-refractivity contribution in [1.29, 1.82) is 0 Å². The van der Waals surface area contributed by atoms with Gasteiger partial charge in [0.25, 0.3) is 0 Å². The maximum Gasteiger partial charge on any atom is 0.244 e. The fraction of sp³-hybridized carbons (Fsp3) is 0.292. The van der Waals surface area contributed by atoms with E-state index in [0.717, 1.165) is 33.2 Å². The van der Waals surface area contributed by atoms with Crippen LogP contribution < -0.4 is 10.1 Å². The first-order chi connectivity index (χ1) is 13.4. The van der Waals surface area contributed by atoms with Gasteiger partial charge in [-0.1, -0.05) is 43.7 Å². The van der Waals surface area contributed by atoms with Crippen molar-refractivity contribution >= 4 is 22.4 Å². The average Bonchev–Trinajstić information content (AvgIpc) is 3.08. The number of hydrogen-bond acceptors (Lipinski definition) is 3. The fourth-order valence-corrected chi connectivity index (χ4v) is 3.12. The Morgan fingerprint density at radius 1 is 1.21 bits per heavy atom. The maximum absolute atomic E-state index is 12.2. The van der Waals surface area contributed by atoms with Crippen molar-refractivity contribution in [3.05, 3.63) is 59.9 Å². The number of carbonyl (C=O) groups excluding carboxylic acids is 1. The molecule has 0 saturated carbocycles. The van der Waals surface area contributed by atoms with Crippen LogP contribution in [0, 0.1) is 12.8 Å². The summed E-state index contributed by atoms with van der Waals surface area (Å²) < 4.78 is 11.3. The smallest absolute Gasteiger partial charge is 0.244 e. The van der Waals surface area contributed by atoms with Gasteiger partial charge in [0, 0.05) is 35.2 Å². The molecule has 1 heterocycles. The second kappa shape index (κ2) is 8.34. The van der Waals surface area contributed by atoms with Crippen molar-refractivity contribution in [2.24, 2.45) is 5.92 Å². The molecular formula is C24H27NO3. The maximum atomic E-state index is 12.2. The van der Waals surface area contributed by atoms with Crippen LogP contribution in [0.25, 0.3) is 27.7 Å². The molecule has 3 aromatic rings. The predicted octanol–water partition coefficient (Wildman–Crippen LogP) is 5.59. The molecule has 0 aliphatic carbocycles. The third-order valence-electron chi connectivity index (χ3n) is 4.72. The zero-order valence-corrected chi connectivity index (χ0v) is 17.1. The van der Waals surface area contributed by atoms with Crippen molar-refractivity contribution in [2.75, 3.05) is 13.7 Å². The largest absolute Gasteiger partial charge is 0.496 e. The van der Waals surface area contributed by atoms with Crippen LogP contribution in [0.2, 0.25) is 0 Å². The van der Waals surface area contributed by atoms with Crippen molar-refractivity contribution < 1.29 is 13.9 Å². The second-order valence-corrected chi connectivity index (χ2v) is 7.53. The van der Waals surface area contributed by atoms with Crippen molar-refractivity contribution in [2.45, 2.75) is 27.7 Å². The number of nitrogens with one attached hydrogen (secondary N) is 1. The Morgan fingerprint density at radius 3 is 2.57 bits per heavy atom. The number of ether oxygens (including phenoxy) is 1. The van der Waals surface area contributed by atoms with E-state index in [1.807, 2.05) is 19.1 Å². The number of methoxy groups -OCH3 is 1. The van der Waals surface area contributed by atoms with Crippen LogP contribution in [0.1, 0.15) is 31.9 Å². The molecule has 1 amide bonds. The Hall–Kier alpha value is -3.01. The minimum absolute atomic E-state index is 0.0979. The molecule has 0 aliphatic rings. The molecule has 0 atom stereocenters. The predicted molar refractivity (Wildman–Crippen MR) is 114 cm³/mol. The lowest BCUT2D eigenvalue weighted by Crippen LogP contribution is -2.25. The highest BCUT2D eigenvalue weighted by Gasteiger charge is 2.15. The number of aryl methyl sites for hydroxylation is 1. The van der Waals surface area contributed by atoms with Crippen LogP contribution in [0.5, 0.6) is 5.75 Å². The van der Waals surface area contributed by atoms with Gasteiger partial charge in [-0.15, -0.1) is 0 Å². The number of rotatable bonds is 6. The molecule has 3 rings (SSSR count). The number of hydrogen-bond donors (Lipinski definition) is 1. The van der Waals surface area contributed by atoms with Crippen LogP contribution in [0.15, 0.2) is 53.2 Å². The van der Waals surface area contributed by atoms with Gasteiger partial charge < -0.3 is 14.5 Å². The highest BCUT2D eigenvalue weighted by molar-refractivity contribution is 6.00. The van der Waals surface area contributed by atoms with E-state index in [4.69, 9.17) is 9.15 Å². The lowest BCUT2D eigenvalue weighted by atomic mass is 9.99. The van der Waals surface area contributed by atoms with E-state index >= 15 is 0 Å². The van der Waals surface area contributed by atoms with Crippen LogP contribution >= 0.6 is 0 Å². The summed E-state index contributed by atoms with van der Waals surface area (Å²) in [6, 6.07) is 12.3. The molecule has 0 unspecified atom stereocenters. The molecule has 2 aromatic carbocycles. The Balaban J connectivity index is 2.02. The monoisotopic (exact) mass is 377 g/mol. The third-order valence-corrected chi connectivity index (χ3v) is 4.72. The lowest BCUT2D eigenvalue weighted by Gasteiger charge is -2.11. The van der Waals surface area contributed by atoms with Crippen LogP contribution in [-0.2, 0) is 4.79 Å². The Labute approximate surface area is 166 Å². The van der Waals surface area contributed by atoms with Crippen LogP contribution in [0.3, 0.4) is 0 Å². The van der Waals surface area contributed by atoms with E-state index in [-0.39, 0.29) is 5.91 Å². The highest BCUT2D eigenvalue weighted by Crippen LogP contribution is 2.37. The third kappa shape index (κ3) is 4.28. The summed E-state index contributed by atoms with van der Waals surface area (Å²) in [5.74, 6) is 0.994. The van der Waals surface area contributed by atoms with Gasteiger partial charge in [0.05, 0.1) is 13.4 Å². The van der Waals surface area contributed by atoms with Gasteiger partial charge >= 0.3 is 0 Å². The minimum Gasteiger partial charge on any atom is -0.496 e. The molecule has 0 spiro atoms. The van der Waals surface area contributed by atoms with Gasteiger partial charge in [0.2, 0.25) is 5.91 Å². The van der Waals surface area contributed by atoms with Crippen LogP contribution in [0.4, 0.5) is 0 Å². The van der Waals surface area contributed by atoms with E-state index in [0.29, 0.717) is 18.2 Å².